The van der Waals surface area contributed by atoms with Gasteiger partial charge >= 0.3 is 0 Å². The lowest BCUT2D eigenvalue weighted by atomic mass is 10.1. The van der Waals surface area contributed by atoms with Gasteiger partial charge in [-0.3, -0.25) is 4.98 Å². The molecule has 0 N–H and O–H groups in total. The molecule has 0 spiro atoms. The number of nitrogens with zero attached hydrogens (tertiary/aromatic N) is 1. The lowest BCUT2D eigenvalue weighted by Crippen LogP contribution is -1.83. The summed E-state index contributed by atoms with van der Waals surface area (Å²) < 4.78 is 0. The number of halogens is 1. The molecule has 0 aliphatic carbocycles. The molecule has 3 aromatic rings. The molecular formula is C15H10ClN. The maximum absolute atomic E-state index is 6.00. The highest BCUT2D eigenvalue weighted by molar-refractivity contribution is 6.31. The molecule has 1 nitrogen and oxygen atoms in total. The Hall–Kier alpha value is -1.86. The Morgan fingerprint density at radius 2 is 1.65 bits per heavy atom. The van der Waals surface area contributed by atoms with E-state index in [1.165, 1.54) is 0 Å². The van der Waals surface area contributed by atoms with Crippen LogP contribution in [0.3, 0.4) is 0 Å². The first-order valence-electron chi connectivity index (χ1n) is 5.44. The van der Waals surface area contributed by atoms with Gasteiger partial charge in [0, 0.05) is 22.2 Å². The van der Waals surface area contributed by atoms with Gasteiger partial charge in [-0.1, -0.05) is 48.0 Å². The second-order valence-electron chi connectivity index (χ2n) is 3.93. The number of rotatable bonds is 1. The van der Waals surface area contributed by atoms with Crippen LogP contribution < -0.4 is 0 Å². The zero-order chi connectivity index (χ0) is 11.7. The van der Waals surface area contributed by atoms with Crippen molar-refractivity contribution < 1.29 is 0 Å². The minimum absolute atomic E-state index is 0.753. The Labute approximate surface area is 105 Å². The average molecular weight is 240 g/mol. The summed E-state index contributed by atoms with van der Waals surface area (Å²) in [6.45, 7) is 0. The smallest absolute Gasteiger partial charge is 0.0708 e. The van der Waals surface area contributed by atoms with E-state index in [1.54, 1.807) is 0 Å². The predicted octanol–water partition coefficient (Wildman–Crippen LogP) is 4.56. The van der Waals surface area contributed by atoms with Gasteiger partial charge in [0.2, 0.25) is 0 Å². The van der Waals surface area contributed by atoms with E-state index in [1.807, 2.05) is 42.6 Å². The van der Waals surface area contributed by atoms with Crippen LogP contribution in [0.15, 0.2) is 60.8 Å². The van der Waals surface area contributed by atoms with Crippen molar-refractivity contribution in [3.63, 3.8) is 0 Å². The Morgan fingerprint density at radius 3 is 2.47 bits per heavy atom. The molecule has 0 aliphatic rings. The summed E-state index contributed by atoms with van der Waals surface area (Å²) >= 11 is 6.00. The molecule has 0 atom stereocenters. The SMILES string of the molecule is Clc1ccc2cnc(-c3ccccc3)cc2c1. The average Bonchev–Trinajstić information content (AvgIpc) is 2.39. The fourth-order valence-electron chi connectivity index (χ4n) is 1.88. The van der Waals surface area contributed by atoms with E-state index in [4.69, 9.17) is 11.6 Å². The normalized spacial score (nSPS) is 10.6. The Bertz CT molecular complexity index is 662. The minimum atomic E-state index is 0.753. The second kappa shape index (κ2) is 4.19. The van der Waals surface area contributed by atoms with Crippen molar-refractivity contribution >= 4 is 22.4 Å². The highest BCUT2D eigenvalue weighted by Gasteiger charge is 2.01. The van der Waals surface area contributed by atoms with E-state index in [0.717, 1.165) is 27.1 Å². The Kier molecular flexibility index (Phi) is 2.54. The van der Waals surface area contributed by atoms with Gasteiger partial charge in [0.15, 0.2) is 0 Å². The quantitative estimate of drug-likeness (QED) is 0.607. The third kappa shape index (κ3) is 2.02. The molecule has 0 fully saturated rings. The van der Waals surface area contributed by atoms with Crippen molar-refractivity contribution in [3.8, 4) is 11.3 Å². The predicted molar refractivity (Wildman–Crippen MR) is 72.2 cm³/mol. The third-order valence-corrected chi connectivity index (χ3v) is 2.99. The van der Waals surface area contributed by atoms with Crippen LogP contribution in [0, 0.1) is 0 Å². The van der Waals surface area contributed by atoms with E-state index in [2.05, 4.69) is 23.2 Å². The lowest BCUT2D eigenvalue weighted by molar-refractivity contribution is 1.36. The third-order valence-electron chi connectivity index (χ3n) is 2.75. The van der Waals surface area contributed by atoms with Gasteiger partial charge in [-0.05, 0) is 23.6 Å². The number of hydrogen-bond donors (Lipinski definition) is 0. The maximum atomic E-state index is 6.00. The molecule has 0 radical (unpaired) electrons. The summed E-state index contributed by atoms with van der Waals surface area (Å²) in [6.07, 6.45) is 1.88. The summed E-state index contributed by atoms with van der Waals surface area (Å²) in [6, 6.07) is 18.0. The van der Waals surface area contributed by atoms with Crippen molar-refractivity contribution in [2.75, 3.05) is 0 Å². The molecule has 2 aromatic carbocycles. The van der Waals surface area contributed by atoms with Gasteiger partial charge in [0.1, 0.15) is 0 Å². The first-order chi connectivity index (χ1) is 8.33. The zero-order valence-corrected chi connectivity index (χ0v) is 9.85. The van der Waals surface area contributed by atoms with E-state index in [0.29, 0.717) is 0 Å². The fourth-order valence-corrected chi connectivity index (χ4v) is 2.06. The van der Waals surface area contributed by atoms with Crippen LogP contribution in [0.25, 0.3) is 22.0 Å². The Morgan fingerprint density at radius 1 is 0.824 bits per heavy atom. The number of aromatic nitrogens is 1. The largest absolute Gasteiger partial charge is 0.256 e. The van der Waals surface area contributed by atoms with Crippen molar-refractivity contribution in [2.24, 2.45) is 0 Å². The van der Waals surface area contributed by atoms with Gasteiger partial charge < -0.3 is 0 Å². The molecule has 0 bridgehead atoms. The van der Waals surface area contributed by atoms with Crippen molar-refractivity contribution in [3.05, 3.63) is 65.8 Å². The van der Waals surface area contributed by atoms with Gasteiger partial charge in [-0.2, -0.15) is 0 Å². The van der Waals surface area contributed by atoms with Crippen LogP contribution in [0.5, 0.6) is 0 Å². The van der Waals surface area contributed by atoms with E-state index < -0.39 is 0 Å². The minimum Gasteiger partial charge on any atom is -0.256 e. The van der Waals surface area contributed by atoms with Crippen LogP contribution in [0.4, 0.5) is 0 Å². The first kappa shape index (κ1) is 10.3. The molecule has 0 saturated carbocycles. The van der Waals surface area contributed by atoms with Gasteiger partial charge in [-0.25, -0.2) is 0 Å². The van der Waals surface area contributed by atoms with Crippen LogP contribution >= 0.6 is 11.6 Å². The standard InChI is InChI=1S/C15H10ClN/c16-14-7-6-12-10-17-15(9-13(12)8-14)11-4-2-1-3-5-11/h1-10H. The first-order valence-corrected chi connectivity index (χ1v) is 5.81. The van der Waals surface area contributed by atoms with Crippen LogP contribution in [0.2, 0.25) is 5.02 Å². The molecule has 2 heteroatoms. The highest BCUT2D eigenvalue weighted by Crippen LogP contribution is 2.23. The van der Waals surface area contributed by atoms with Crippen LogP contribution in [0.1, 0.15) is 0 Å². The van der Waals surface area contributed by atoms with Gasteiger partial charge in [0.25, 0.3) is 0 Å². The number of fused-ring (bicyclic) bond motifs is 1. The summed E-state index contributed by atoms with van der Waals surface area (Å²) in [5.41, 5.74) is 2.09. The summed E-state index contributed by atoms with van der Waals surface area (Å²) in [4.78, 5) is 4.46. The summed E-state index contributed by atoms with van der Waals surface area (Å²) in [5.74, 6) is 0. The topological polar surface area (TPSA) is 12.9 Å². The maximum Gasteiger partial charge on any atom is 0.0708 e. The van der Waals surface area contributed by atoms with Crippen LogP contribution in [-0.4, -0.2) is 4.98 Å². The van der Waals surface area contributed by atoms with E-state index in [9.17, 15) is 0 Å². The molecule has 0 aliphatic heterocycles. The van der Waals surface area contributed by atoms with Crippen LogP contribution in [-0.2, 0) is 0 Å². The van der Waals surface area contributed by atoms with E-state index >= 15 is 0 Å². The molecule has 0 amide bonds. The van der Waals surface area contributed by atoms with Crippen molar-refractivity contribution in [1.29, 1.82) is 0 Å². The second-order valence-corrected chi connectivity index (χ2v) is 4.36. The molecule has 3 rings (SSSR count). The molecule has 0 saturated heterocycles. The van der Waals surface area contributed by atoms with Crippen molar-refractivity contribution in [1.82, 2.24) is 4.98 Å². The molecule has 17 heavy (non-hydrogen) atoms. The number of pyridine rings is 1. The molecule has 0 unspecified atom stereocenters. The molecule has 82 valence electrons. The van der Waals surface area contributed by atoms with Gasteiger partial charge in [-0.15, -0.1) is 0 Å². The number of benzene rings is 2. The lowest BCUT2D eigenvalue weighted by Gasteiger charge is -2.03. The molecule has 1 heterocycles. The van der Waals surface area contributed by atoms with Crippen molar-refractivity contribution in [2.45, 2.75) is 0 Å². The molecule has 1 aromatic heterocycles. The zero-order valence-electron chi connectivity index (χ0n) is 9.10. The number of hydrogen-bond acceptors (Lipinski definition) is 1. The monoisotopic (exact) mass is 239 g/mol. The molecular weight excluding hydrogens is 230 g/mol. The highest BCUT2D eigenvalue weighted by atomic mass is 35.5. The Balaban J connectivity index is 2.19. The van der Waals surface area contributed by atoms with Gasteiger partial charge in [0.05, 0.1) is 5.69 Å². The van der Waals surface area contributed by atoms with E-state index in [-0.39, 0.29) is 0 Å². The fraction of sp³-hybridized carbons (Fsp3) is 0. The summed E-state index contributed by atoms with van der Waals surface area (Å²) in [5, 5.41) is 2.98. The summed E-state index contributed by atoms with van der Waals surface area (Å²) in [7, 11) is 0.